The van der Waals surface area contributed by atoms with Gasteiger partial charge in [0.05, 0.1) is 5.60 Å². The Morgan fingerprint density at radius 3 is 2.50 bits per heavy atom. The average molecular weight is 250 g/mol. The summed E-state index contributed by atoms with van der Waals surface area (Å²) in [5.74, 6) is 1.73. The lowest BCUT2D eigenvalue weighted by molar-refractivity contribution is 0.00731. The Balaban J connectivity index is 2.10. The summed E-state index contributed by atoms with van der Waals surface area (Å²) in [6, 6.07) is -0.715. The van der Waals surface area contributed by atoms with Gasteiger partial charge in [0.25, 0.3) is 0 Å². The molecule has 0 amide bonds. The van der Waals surface area contributed by atoms with Crippen LogP contribution in [0.3, 0.4) is 0 Å². The molecular weight excluding hydrogens is 237 g/mol. The van der Waals surface area contributed by atoms with Crippen LogP contribution in [0.25, 0.3) is 0 Å². The molecule has 2 aliphatic rings. The molecule has 0 aliphatic carbocycles. The number of halogens is 1. The fourth-order valence-electron chi connectivity index (χ4n) is 1.83. The van der Waals surface area contributed by atoms with Crippen molar-refractivity contribution in [3.63, 3.8) is 0 Å². The first kappa shape index (κ1) is 11.6. The van der Waals surface area contributed by atoms with E-state index in [4.69, 9.17) is 12.6 Å². The van der Waals surface area contributed by atoms with Gasteiger partial charge in [0.1, 0.15) is 14.0 Å². The molecule has 78 valence electrons. The van der Waals surface area contributed by atoms with Crippen LogP contribution in [0.2, 0.25) is 0 Å². The number of hydrogen-bond donors (Lipinski definition) is 0. The number of ether oxygens (including phenoxy) is 1. The van der Waals surface area contributed by atoms with Gasteiger partial charge in [-0.25, -0.2) is 4.39 Å². The zero-order valence-corrected chi connectivity index (χ0v) is 10.8. The standard InChI is InChI=1S/C8H13BFOPS2/c1-5-6(10)7(9)11-8(5)3-13-12(2)14-4-8/h5-7H,3-4H2,1-2H3/t5?,6-,7+,8?,12?/m0/s1. The van der Waals surface area contributed by atoms with E-state index in [2.05, 4.69) is 6.66 Å². The molecule has 1 nitrogen and oxygen atoms in total. The Bertz CT molecular complexity index is 225. The van der Waals surface area contributed by atoms with Crippen LogP contribution in [-0.4, -0.2) is 43.8 Å². The van der Waals surface area contributed by atoms with E-state index in [0.717, 1.165) is 11.5 Å². The lowest BCUT2D eigenvalue weighted by Crippen LogP contribution is -2.42. The Morgan fingerprint density at radius 1 is 1.50 bits per heavy atom. The number of hydrogen-bond acceptors (Lipinski definition) is 3. The molecule has 0 N–H and O–H groups in total. The van der Waals surface area contributed by atoms with Crippen LogP contribution in [0.4, 0.5) is 4.39 Å². The van der Waals surface area contributed by atoms with Crippen LogP contribution in [0.1, 0.15) is 6.92 Å². The maximum atomic E-state index is 13.6. The molecule has 0 aromatic carbocycles. The fraction of sp³-hybridized carbons (Fsp3) is 1.00. The predicted molar refractivity (Wildman–Crippen MR) is 65.2 cm³/mol. The van der Waals surface area contributed by atoms with Crippen LogP contribution >= 0.6 is 29.1 Å². The zero-order valence-electron chi connectivity index (χ0n) is 8.27. The lowest BCUT2D eigenvalue weighted by Gasteiger charge is -2.37. The fourth-order valence-corrected chi connectivity index (χ4v) is 7.94. The molecule has 6 heteroatoms. The van der Waals surface area contributed by atoms with Crippen LogP contribution in [-0.2, 0) is 4.74 Å². The van der Waals surface area contributed by atoms with Crippen molar-refractivity contribution in [2.24, 2.45) is 5.92 Å². The molecule has 1 unspecified atom stereocenters. The molecule has 0 bridgehead atoms. The van der Waals surface area contributed by atoms with Crippen molar-refractivity contribution < 1.29 is 9.13 Å². The summed E-state index contributed by atoms with van der Waals surface area (Å²) in [4.78, 5) is 0. The summed E-state index contributed by atoms with van der Waals surface area (Å²) in [6.45, 7) is 4.16. The maximum absolute atomic E-state index is 13.6. The molecule has 2 saturated heterocycles. The van der Waals surface area contributed by atoms with E-state index in [1.165, 1.54) is 0 Å². The molecule has 3 atom stereocenters. The molecule has 0 saturated carbocycles. The van der Waals surface area contributed by atoms with E-state index < -0.39 is 12.2 Å². The largest absolute Gasteiger partial charge is 0.376 e. The van der Waals surface area contributed by atoms with E-state index in [1.807, 2.05) is 29.7 Å². The minimum absolute atomic E-state index is 0.00873. The Kier molecular flexibility index (Phi) is 3.43. The van der Waals surface area contributed by atoms with Crippen molar-refractivity contribution in [2.75, 3.05) is 18.2 Å². The van der Waals surface area contributed by atoms with Crippen molar-refractivity contribution in [2.45, 2.75) is 24.7 Å². The van der Waals surface area contributed by atoms with Crippen LogP contribution in [0.15, 0.2) is 0 Å². The van der Waals surface area contributed by atoms with E-state index in [0.29, 0.717) is 0 Å². The zero-order chi connectivity index (χ0) is 10.3. The summed E-state index contributed by atoms with van der Waals surface area (Å²) in [7, 11) is 5.60. The highest BCUT2D eigenvalue weighted by atomic mass is 33.1. The van der Waals surface area contributed by atoms with Gasteiger partial charge in [-0.1, -0.05) is 6.92 Å². The van der Waals surface area contributed by atoms with Gasteiger partial charge >= 0.3 is 0 Å². The minimum Gasteiger partial charge on any atom is -0.376 e. The van der Waals surface area contributed by atoms with Gasteiger partial charge in [0.15, 0.2) is 0 Å². The smallest absolute Gasteiger partial charge is 0.123 e. The third kappa shape index (κ3) is 1.86. The van der Waals surface area contributed by atoms with E-state index in [1.54, 1.807) is 0 Å². The van der Waals surface area contributed by atoms with Gasteiger partial charge in [-0.2, -0.15) is 0 Å². The van der Waals surface area contributed by atoms with Crippen molar-refractivity contribution >= 4 is 36.9 Å². The SMILES string of the molecule is [B][C@@H]1OC2(CSP(C)SC2)C(C)[C@@H]1F. The Morgan fingerprint density at radius 2 is 2.07 bits per heavy atom. The second kappa shape index (κ2) is 4.16. The van der Waals surface area contributed by atoms with Gasteiger partial charge in [0, 0.05) is 29.8 Å². The third-order valence-corrected chi connectivity index (χ3v) is 9.79. The third-order valence-electron chi connectivity index (χ3n) is 2.97. The second-order valence-electron chi connectivity index (χ2n) is 3.87. The highest BCUT2D eigenvalue weighted by Gasteiger charge is 2.52. The molecular formula is C8H13BFOPS2. The molecule has 2 heterocycles. The molecule has 2 fully saturated rings. The molecule has 0 aromatic rings. The highest BCUT2D eigenvalue weighted by molar-refractivity contribution is 8.88. The Hall–Kier alpha value is 1.08. The lowest BCUT2D eigenvalue weighted by atomic mass is 9.85. The van der Waals surface area contributed by atoms with Crippen molar-refractivity contribution in [3.8, 4) is 0 Å². The van der Waals surface area contributed by atoms with Crippen molar-refractivity contribution in [3.05, 3.63) is 0 Å². The van der Waals surface area contributed by atoms with Crippen LogP contribution in [0, 0.1) is 5.92 Å². The number of rotatable bonds is 0. The summed E-state index contributed by atoms with van der Waals surface area (Å²) < 4.78 is 19.2. The van der Waals surface area contributed by atoms with Crippen molar-refractivity contribution in [1.29, 1.82) is 0 Å². The molecule has 14 heavy (non-hydrogen) atoms. The highest BCUT2D eigenvalue weighted by Crippen LogP contribution is 2.65. The molecule has 1 spiro atoms. The normalized spacial score (nSPS) is 53.9. The summed E-state index contributed by atoms with van der Waals surface area (Å²) >= 11 is 3.81. The van der Waals surface area contributed by atoms with Gasteiger partial charge in [-0.15, -0.1) is 22.8 Å². The predicted octanol–water partition coefficient (Wildman–Crippen LogP) is 2.65. The number of alkyl halides is 1. The maximum Gasteiger partial charge on any atom is 0.123 e. The van der Waals surface area contributed by atoms with Crippen LogP contribution < -0.4 is 0 Å². The summed E-state index contributed by atoms with van der Waals surface area (Å²) in [5, 5.41) is 0. The molecule has 2 rings (SSSR count). The van der Waals surface area contributed by atoms with Gasteiger partial charge in [0.2, 0.25) is 0 Å². The quantitative estimate of drug-likeness (QED) is 0.483. The molecule has 2 aliphatic heterocycles. The second-order valence-corrected chi connectivity index (χ2v) is 11.4. The molecule has 0 aromatic heterocycles. The first-order valence-corrected chi connectivity index (χ1v) is 9.59. The van der Waals surface area contributed by atoms with Gasteiger partial charge in [-0.3, -0.25) is 0 Å². The summed E-state index contributed by atoms with van der Waals surface area (Å²) in [6.07, 6.45) is -0.994. The van der Waals surface area contributed by atoms with Crippen LogP contribution in [0.5, 0.6) is 0 Å². The van der Waals surface area contributed by atoms with Gasteiger partial charge < -0.3 is 4.74 Å². The topological polar surface area (TPSA) is 9.23 Å². The van der Waals surface area contributed by atoms with E-state index in [9.17, 15) is 4.39 Å². The van der Waals surface area contributed by atoms with E-state index in [-0.39, 0.29) is 17.8 Å². The van der Waals surface area contributed by atoms with Gasteiger partial charge in [-0.05, 0) is 6.66 Å². The minimum atomic E-state index is -1.00. The molecule has 2 radical (unpaired) electrons. The first-order chi connectivity index (χ1) is 6.55. The van der Waals surface area contributed by atoms with E-state index >= 15 is 0 Å². The average Bonchev–Trinajstić information content (AvgIpc) is 2.37. The first-order valence-electron chi connectivity index (χ1n) is 4.62. The monoisotopic (exact) mass is 250 g/mol. The van der Waals surface area contributed by atoms with Crippen molar-refractivity contribution in [1.82, 2.24) is 0 Å². The Labute approximate surface area is 95.0 Å². The summed E-state index contributed by atoms with van der Waals surface area (Å²) in [5.41, 5.74) is -0.303.